The number of nitrogens with zero attached hydrogens (tertiary/aromatic N) is 2. The van der Waals surface area contributed by atoms with Gasteiger partial charge in [-0.25, -0.2) is 4.39 Å². The van der Waals surface area contributed by atoms with E-state index in [0.717, 1.165) is 18.7 Å². The first-order chi connectivity index (χ1) is 5.86. The zero-order valence-corrected chi connectivity index (χ0v) is 7.26. The Morgan fingerprint density at radius 2 is 2.50 bits per heavy atom. The molecule has 0 bridgehead atoms. The highest BCUT2D eigenvalue weighted by atomic mass is 19.1. The van der Waals surface area contributed by atoms with Gasteiger partial charge in [0.25, 0.3) is 0 Å². The molecular weight excluding hydrogens is 157 g/mol. The van der Waals surface area contributed by atoms with Gasteiger partial charge in [-0.3, -0.25) is 4.68 Å². The van der Waals surface area contributed by atoms with Crippen LogP contribution in [0.5, 0.6) is 0 Å². The lowest BCUT2D eigenvalue weighted by Crippen LogP contribution is -2.11. The van der Waals surface area contributed by atoms with Gasteiger partial charge in [-0.15, -0.1) is 0 Å². The van der Waals surface area contributed by atoms with Gasteiger partial charge < -0.3 is 5.32 Å². The predicted octanol–water partition coefficient (Wildman–Crippen LogP) is 0.962. The van der Waals surface area contributed by atoms with Crippen molar-refractivity contribution in [3.63, 3.8) is 0 Å². The second kappa shape index (κ2) is 4.87. The molecule has 4 heteroatoms. The fourth-order valence-corrected chi connectivity index (χ4v) is 0.976. The minimum Gasteiger partial charge on any atom is -0.313 e. The van der Waals surface area contributed by atoms with E-state index >= 15 is 0 Å². The molecule has 1 aromatic rings. The van der Waals surface area contributed by atoms with Gasteiger partial charge >= 0.3 is 0 Å². The first kappa shape index (κ1) is 9.19. The van der Waals surface area contributed by atoms with E-state index in [-0.39, 0.29) is 6.67 Å². The first-order valence-electron chi connectivity index (χ1n) is 4.15. The van der Waals surface area contributed by atoms with Crippen molar-refractivity contribution in [3.8, 4) is 0 Å². The Labute approximate surface area is 71.6 Å². The molecule has 0 saturated carbocycles. The van der Waals surface area contributed by atoms with E-state index in [1.165, 1.54) is 0 Å². The van der Waals surface area contributed by atoms with Crippen LogP contribution in [0, 0.1) is 0 Å². The van der Waals surface area contributed by atoms with Crippen LogP contribution in [-0.2, 0) is 13.1 Å². The molecule has 0 saturated heterocycles. The number of hydrogen-bond acceptors (Lipinski definition) is 2. The topological polar surface area (TPSA) is 29.9 Å². The van der Waals surface area contributed by atoms with Gasteiger partial charge in [-0.05, 0) is 6.54 Å². The molecule has 0 atom stereocenters. The minimum absolute atomic E-state index is 0.353. The molecule has 0 unspecified atom stereocenters. The van der Waals surface area contributed by atoms with Crippen LogP contribution in [0.2, 0.25) is 0 Å². The van der Waals surface area contributed by atoms with E-state index in [1.807, 2.05) is 13.1 Å². The fourth-order valence-electron chi connectivity index (χ4n) is 0.976. The average Bonchev–Trinajstić information content (AvgIpc) is 2.50. The summed E-state index contributed by atoms with van der Waals surface area (Å²) in [6, 6.07) is 0. The molecule has 0 amide bonds. The summed E-state index contributed by atoms with van der Waals surface area (Å²) in [5.41, 5.74) is 1.10. The van der Waals surface area contributed by atoms with Crippen molar-refractivity contribution in [3.05, 3.63) is 18.0 Å². The van der Waals surface area contributed by atoms with Crippen LogP contribution in [0.4, 0.5) is 4.39 Å². The molecule has 1 aromatic heterocycles. The molecule has 0 fully saturated rings. The Morgan fingerprint density at radius 3 is 3.17 bits per heavy atom. The molecule has 0 radical (unpaired) electrons. The van der Waals surface area contributed by atoms with Crippen molar-refractivity contribution in [2.24, 2.45) is 0 Å². The van der Waals surface area contributed by atoms with Gasteiger partial charge in [0.2, 0.25) is 0 Å². The third kappa shape index (κ3) is 2.62. The number of nitrogens with one attached hydrogen (secondary N) is 1. The van der Waals surface area contributed by atoms with E-state index in [9.17, 15) is 4.39 Å². The van der Waals surface area contributed by atoms with Gasteiger partial charge in [0.15, 0.2) is 0 Å². The normalized spacial score (nSPS) is 10.5. The number of hydrogen-bond donors (Lipinski definition) is 1. The average molecular weight is 171 g/mol. The van der Waals surface area contributed by atoms with Gasteiger partial charge in [-0.2, -0.15) is 5.10 Å². The largest absolute Gasteiger partial charge is 0.313 e. The molecule has 1 N–H and O–H groups in total. The van der Waals surface area contributed by atoms with Crippen molar-refractivity contribution < 1.29 is 4.39 Å². The summed E-state index contributed by atoms with van der Waals surface area (Å²) in [6.07, 6.45) is 3.63. The Hall–Kier alpha value is -0.900. The van der Waals surface area contributed by atoms with Crippen LogP contribution < -0.4 is 5.32 Å². The molecule has 68 valence electrons. The molecule has 12 heavy (non-hydrogen) atoms. The molecule has 3 nitrogen and oxygen atoms in total. The molecule has 0 aliphatic rings. The molecule has 0 aromatic carbocycles. The molecule has 0 spiro atoms. The van der Waals surface area contributed by atoms with Gasteiger partial charge in [0, 0.05) is 18.3 Å². The number of halogens is 1. The zero-order chi connectivity index (χ0) is 8.81. The number of aromatic nitrogens is 2. The second-order valence-electron chi connectivity index (χ2n) is 2.58. The molecule has 1 heterocycles. The Morgan fingerprint density at radius 1 is 1.67 bits per heavy atom. The maximum atomic E-state index is 11.9. The number of aryl methyl sites for hydroxylation is 1. The van der Waals surface area contributed by atoms with E-state index in [1.54, 1.807) is 10.9 Å². The standard InChI is InChI=1S/C8H14FN3/c1-2-10-5-8-6-11-12(7-8)4-3-9/h6-7,10H,2-5H2,1H3. The van der Waals surface area contributed by atoms with E-state index in [0.29, 0.717) is 6.54 Å². The SMILES string of the molecule is CCNCc1cnn(CCF)c1. The van der Waals surface area contributed by atoms with Crippen molar-refractivity contribution >= 4 is 0 Å². The zero-order valence-electron chi connectivity index (χ0n) is 7.26. The van der Waals surface area contributed by atoms with Crippen molar-refractivity contribution in [2.45, 2.75) is 20.0 Å². The highest BCUT2D eigenvalue weighted by Crippen LogP contribution is 1.96. The lowest BCUT2D eigenvalue weighted by Gasteiger charge is -1.96. The van der Waals surface area contributed by atoms with Crippen LogP contribution in [0.15, 0.2) is 12.4 Å². The molecule has 1 rings (SSSR count). The summed E-state index contributed by atoms with van der Waals surface area (Å²) < 4.78 is 13.5. The summed E-state index contributed by atoms with van der Waals surface area (Å²) in [5.74, 6) is 0. The first-order valence-corrected chi connectivity index (χ1v) is 4.15. The Kier molecular flexibility index (Phi) is 3.73. The summed E-state index contributed by atoms with van der Waals surface area (Å²) in [6.45, 7) is 3.79. The summed E-state index contributed by atoms with van der Waals surface area (Å²) in [7, 11) is 0. The van der Waals surface area contributed by atoms with Crippen molar-refractivity contribution in [1.82, 2.24) is 15.1 Å². The van der Waals surface area contributed by atoms with Crippen LogP contribution >= 0.6 is 0 Å². The Balaban J connectivity index is 2.41. The minimum atomic E-state index is -0.359. The van der Waals surface area contributed by atoms with Gasteiger partial charge in [0.05, 0.1) is 12.7 Å². The number of alkyl halides is 1. The van der Waals surface area contributed by atoms with E-state index in [2.05, 4.69) is 10.4 Å². The van der Waals surface area contributed by atoms with Crippen LogP contribution in [0.3, 0.4) is 0 Å². The third-order valence-electron chi connectivity index (χ3n) is 1.58. The quantitative estimate of drug-likeness (QED) is 0.715. The van der Waals surface area contributed by atoms with Crippen molar-refractivity contribution in [1.29, 1.82) is 0 Å². The lowest BCUT2D eigenvalue weighted by molar-refractivity contribution is 0.427. The maximum Gasteiger partial charge on any atom is 0.109 e. The van der Waals surface area contributed by atoms with Gasteiger partial charge in [-0.1, -0.05) is 6.92 Å². The summed E-state index contributed by atoms with van der Waals surface area (Å²) in [5, 5.41) is 7.17. The van der Waals surface area contributed by atoms with Gasteiger partial charge in [0.1, 0.15) is 6.67 Å². The monoisotopic (exact) mass is 171 g/mol. The number of rotatable bonds is 5. The molecule has 0 aliphatic heterocycles. The molecule has 0 aliphatic carbocycles. The molecular formula is C8H14FN3. The van der Waals surface area contributed by atoms with Crippen LogP contribution in [0.1, 0.15) is 12.5 Å². The van der Waals surface area contributed by atoms with Crippen molar-refractivity contribution in [2.75, 3.05) is 13.2 Å². The predicted molar refractivity (Wildman–Crippen MR) is 45.6 cm³/mol. The second-order valence-corrected chi connectivity index (χ2v) is 2.58. The maximum absolute atomic E-state index is 11.9. The Bertz CT molecular complexity index is 222. The summed E-state index contributed by atoms with van der Waals surface area (Å²) >= 11 is 0. The van der Waals surface area contributed by atoms with E-state index in [4.69, 9.17) is 0 Å². The summed E-state index contributed by atoms with van der Waals surface area (Å²) in [4.78, 5) is 0. The highest BCUT2D eigenvalue weighted by Gasteiger charge is 1.96. The third-order valence-corrected chi connectivity index (χ3v) is 1.58. The fraction of sp³-hybridized carbons (Fsp3) is 0.625. The smallest absolute Gasteiger partial charge is 0.109 e. The van der Waals surface area contributed by atoms with E-state index < -0.39 is 0 Å². The van der Waals surface area contributed by atoms with Crippen LogP contribution in [0.25, 0.3) is 0 Å². The highest BCUT2D eigenvalue weighted by molar-refractivity contribution is 5.02. The van der Waals surface area contributed by atoms with Crippen LogP contribution in [-0.4, -0.2) is 23.0 Å². The lowest BCUT2D eigenvalue weighted by atomic mass is 10.3.